The monoisotopic (exact) mass is 497 g/mol. The summed E-state index contributed by atoms with van der Waals surface area (Å²) in [6.45, 7) is 3.82. The number of hydrogen-bond acceptors (Lipinski definition) is 7. The molecule has 0 saturated heterocycles. The standard InChI is InChI=1S/C25H27N3O6S/c1-3-34-25(29)24(27-35(32,33)22-15-9-18(2)10-16-22)23(26-17-19-7-5-4-6-8-19)20-11-13-21(14-12-20)28(30)31/h4-16,23-24,26-27H,3,17H2,1-2H3/t23-,24-/m0/s1. The lowest BCUT2D eigenvalue weighted by Gasteiger charge is -2.28. The van der Waals surface area contributed by atoms with E-state index in [0.29, 0.717) is 12.1 Å². The first-order valence-electron chi connectivity index (χ1n) is 11.0. The molecule has 2 atom stereocenters. The van der Waals surface area contributed by atoms with Crippen LogP contribution in [0.1, 0.15) is 29.7 Å². The minimum Gasteiger partial charge on any atom is -0.465 e. The van der Waals surface area contributed by atoms with Crippen molar-refractivity contribution in [2.24, 2.45) is 0 Å². The molecule has 35 heavy (non-hydrogen) atoms. The number of benzene rings is 3. The number of esters is 1. The van der Waals surface area contributed by atoms with Gasteiger partial charge in [-0.05, 0) is 37.1 Å². The summed E-state index contributed by atoms with van der Waals surface area (Å²) in [5, 5.41) is 14.3. The number of sulfonamides is 1. The molecular weight excluding hydrogens is 470 g/mol. The normalized spacial score (nSPS) is 13.1. The molecule has 0 fully saturated rings. The second-order valence-electron chi connectivity index (χ2n) is 7.86. The van der Waals surface area contributed by atoms with Gasteiger partial charge in [0.1, 0.15) is 6.04 Å². The van der Waals surface area contributed by atoms with Gasteiger partial charge in [-0.15, -0.1) is 0 Å². The van der Waals surface area contributed by atoms with Crippen molar-refractivity contribution < 1.29 is 22.9 Å². The second kappa shape index (κ2) is 11.7. The van der Waals surface area contributed by atoms with Crippen molar-refractivity contribution in [1.82, 2.24) is 10.0 Å². The number of ether oxygens (including phenoxy) is 1. The predicted molar refractivity (Wildman–Crippen MR) is 131 cm³/mol. The van der Waals surface area contributed by atoms with Crippen molar-refractivity contribution in [3.05, 3.63) is 106 Å². The van der Waals surface area contributed by atoms with E-state index in [2.05, 4.69) is 10.0 Å². The summed E-state index contributed by atoms with van der Waals surface area (Å²) >= 11 is 0. The van der Waals surface area contributed by atoms with Gasteiger partial charge in [-0.2, -0.15) is 4.72 Å². The summed E-state index contributed by atoms with van der Waals surface area (Å²) in [6.07, 6.45) is 0. The van der Waals surface area contributed by atoms with Gasteiger partial charge in [0.05, 0.1) is 22.5 Å². The summed E-state index contributed by atoms with van der Waals surface area (Å²) < 4.78 is 34.1. The number of nitro groups is 1. The van der Waals surface area contributed by atoms with E-state index in [1.807, 2.05) is 37.3 Å². The van der Waals surface area contributed by atoms with Gasteiger partial charge in [-0.25, -0.2) is 8.42 Å². The highest BCUT2D eigenvalue weighted by atomic mass is 32.2. The quantitative estimate of drug-likeness (QED) is 0.235. The molecule has 0 amide bonds. The lowest BCUT2D eigenvalue weighted by atomic mass is 9.99. The number of nitro benzene ring substituents is 1. The van der Waals surface area contributed by atoms with Crippen molar-refractivity contribution in [2.75, 3.05) is 6.61 Å². The third-order valence-corrected chi connectivity index (χ3v) is 6.78. The van der Waals surface area contributed by atoms with Gasteiger partial charge in [0, 0.05) is 18.7 Å². The summed E-state index contributed by atoms with van der Waals surface area (Å²) in [5.41, 5.74) is 2.15. The minimum atomic E-state index is -4.10. The molecule has 3 rings (SSSR count). The number of nitrogens with one attached hydrogen (secondary N) is 2. The minimum absolute atomic E-state index is 0.00269. The number of non-ortho nitro benzene ring substituents is 1. The van der Waals surface area contributed by atoms with E-state index in [1.165, 1.54) is 36.4 Å². The number of carbonyl (C=O) groups excluding carboxylic acids is 1. The zero-order valence-corrected chi connectivity index (χ0v) is 20.2. The molecule has 2 N–H and O–H groups in total. The van der Waals surface area contributed by atoms with Crippen LogP contribution >= 0.6 is 0 Å². The van der Waals surface area contributed by atoms with E-state index in [1.54, 1.807) is 19.1 Å². The van der Waals surface area contributed by atoms with Crippen LogP contribution in [-0.2, 0) is 26.1 Å². The molecule has 0 aliphatic rings. The summed E-state index contributed by atoms with van der Waals surface area (Å²) in [5.74, 6) is -0.771. The predicted octanol–water partition coefficient (Wildman–Crippen LogP) is 3.64. The molecule has 3 aromatic carbocycles. The molecule has 0 heterocycles. The largest absolute Gasteiger partial charge is 0.465 e. The van der Waals surface area contributed by atoms with Crippen LogP contribution in [0.15, 0.2) is 83.8 Å². The zero-order valence-electron chi connectivity index (χ0n) is 19.4. The molecule has 10 heteroatoms. The fourth-order valence-electron chi connectivity index (χ4n) is 3.49. The maximum Gasteiger partial charge on any atom is 0.326 e. The Morgan fingerprint density at radius 3 is 2.20 bits per heavy atom. The van der Waals surface area contributed by atoms with Crippen LogP contribution in [0, 0.1) is 17.0 Å². The molecule has 9 nitrogen and oxygen atoms in total. The Hall–Kier alpha value is -3.60. The van der Waals surface area contributed by atoms with Crippen molar-refractivity contribution in [2.45, 2.75) is 37.4 Å². The zero-order chi connectivity index (χ0) is 25.4. The van der Waals surface area contributed by atoms with Gasteiger partial charge in [-0.1, -0.05) is 60.2 Å². The maximum absolute atomic E-state index is 13.2. The Balaban J connectivity index is 2.01. The number of hydrogen-bond donors (Lipinski definition) is 2. The average molecular weight is 498 g/mol. The fourth-order valence-corrected chi connectivity index (χ4v) is 4.69. The van der Waals surface area contributed by atoms with E-state index in [9.17, 15) is 23.3 Å². The van der Waals surface area contributed by atoms with Crippen molar-refractivity contribution in [1.29, 1.82) is 0 Å². The number of nitrogens with zero attached hydrogens (tertiary/aromatic N) is 1. The molecule has 0 radical (unpaired) electrons. The van der Waals surface area contributed by atoms with Crippen LogP contribution in [0.2, 0.25) is 0 Å². The van der Waals surface area contributed by atoms with Crippen LogP contribution in [0.4, 0.5) is 5.69 Å². The van der Waals surface area contributed by atoms with Gasteiger partial charge in [0.25, 0.3) is 5.69 Å². The van der Waals surface area contributed by atoms with E-state index in [4.69, 9.17) is 4.74 Å². The first kappa shape index (κ1) is 26.0. The molecule has 0 bridgehead atoms. The highest BCUT2D eigenvalue weighted by Crippen LogP contribution is 2.24. The Bertz CT molecular complexity index is 1250. The summed E-state index contributed by atoms with van der Waals surface area (Å²) in [7, 11) is -4.10. The van der Waals surface area contributed by atoms with Crippen LogP contribution in [0.5, 0.6) is 0 Å². The van der Waals surface area contributed by atoms with E-state index < -0.39 is 33.0 Å². The SMILES string of the molecule is CCOC(=O)[C@@H](NS(=O)(=O)c1ccc(C)cc1)[C@@H](NCc1ccccc1)c1ccc([N+](=O)[O-])cc1. The van der Waals surface area contributed by atoms with Gasteiger partial charge < -0.3 is 10.1 Å². The van der Waals surface area contributed by atoms with E-state index in [0.717, 1.165) is 11.1 Å². The number of aryl methyl sites for hydroxylation is 1. The third-order valence-electron chi connectivity index (χ3n) is 5.32. The first-order chi connectivity index (χ1) is 16.7. The van der Waals surface area contributed by atoms with Crippen molar-refractivity contribution >= 4 is 21.7 Å². The molecule has 0 unspecified atom stereocenters. The Labute approximate surface area is 204 Å². The molecule has 0 aliphatic carbocycles. The number of carbonyl (C=O) groups is 1. The Morgan fingerprint density at radius 2 is 1.63 bits per heavy atom. The van der Waals surface area contributed by atoms with Crippen molar-refractivity contribution in [3.63, 3.8) is 0 Å². The Morgan fingerprint density at radius 1 is 1.00 bits per heavy atom. The molecular formula is C25H27N3O6S. The molecule has 0 spiro atoms. The van der Waals surface area contributed by atoms with Crippen LogP contribution < -0.4 is 10.0 Å². The highest BCUT2D eigenvalue weighted by Gasteiger charge is 2.35. The van der Waals surface area contributed by atoms with Crippen LogP contribution in [0.25, 0.3) is 0 Å². The van der Waals surface area contributed by atoms with E-state index in [-0.39, 0.29) is 17.2 Å². The smallest absolute Gasteiger partial charge is 0.326 e. The van der Waals surface area contributed by atoms with Gasteiger partial charge in [0.2, 0.25) is 10.0 Å². The van der Waals surface area contributed by atoms with E-state index >= 15 is 0 Å². The van der Waals surface area contributed by atoms with Crippen LogP contribution in [0.3, 0.4) is 0 Å². The Kier molecular flexibility index (Phi) is 8.69. The second-order valence-corrected chi connectivity index (χ2v) is 9.57. The lowest BCUT2D eigenvalue weighted by molar-refractivity contribution is -0.384. The summed E-state index contributed by atoms with van der Waals surface area (Å²) in [4.78, 5) is 23.6. The molecule has 0 aliphatic heterocycles. The summed E-state index contributed by atoms with van der Waals surface area (Å²) in [6, 6.07) is 19.0. The van der Waals surface area contributed by atoms with Crippen molar-refractivity contribution in [3.8, 4) is 0 Å². The van der Waals surface area contributed by atoms with Gasteiger partial charge in [-0.3, -0.25) is 14.9 Å². The van der Waals surface area contributed by atoms with Gasteiger partial charge >= 0.3 is 5.97 Å². The number of rotatable bonds is 11. The first-order valence-corrected chi connectivity index (χ1v) is 12.5. The fraction of sp³-hybridized carbons (Fsp3) is 0.240. The maximum atomic E-state index is 13.2. The lowest BCUT2D eigenvalue weighted by Crippen LogP contribution is -2.50. The topological polar surface area (TPSA) is 128 Å². The third kappa shape index (κ3) is 6.95. The van der Waals surface area contributed by atoms with Crippen LogP contribution in [-0.4, -0.2) is 32.0 Å². The molecule has 184 valence electrons. The molecule has 0 aromatic heterocycles. The average Bonchev–Trinajstić information content (AvgIpc) is 2.84. The molecule has 3 aromatic rings. The van der Waals surface area contributed by atoms with Gasteiger partial charge in [0.15, 0.2) is 0 Å². The molecule has 0 saturated carbocycles. The highest BCUT2D eigenvalue weighted by molar-refractivity contribution is 7.89.